The van der Waals surface area contributed by atoms with E-state index >= 15 is 0 Å². The van der Waals surface area contributed by atoms with Crippen LogP contribution in [0.5, 0.6) is 5.75 Å². The molecule has 0 saturated carbocycles. The number of unbranched alkanes of at least 4 members (excludes halogenated alkanes) is 16. The molecular formula is C60H91N2O11PS. The Morgan fingerprint density at radius 1 is 0.613 bits per heavy atom. The van der Waals surface area contributed by atoms with E-state index in [0.717, 1.165) is 72.8 Å². The molecule has 0 spiro atoms. The van der Waals surface area contributed by atoms with Crippen LogP contribution in [0.15, 0.2) is 72.8 Å². The minimum Gasteiger partial charge on any atom is -0.494 e. The van der Waals surface area contributed by atoms with Crippen molar-refractivity contribution in [3.05, 3.63) is 89.5 Å². The van der Waals surface area contributed by atoms with Crippen molar-refractivity contribution in [2.24, 2.45) is 0 Å². The molecule has 0 saturated heterocycles. The van der Waals surface area contributed by atoms with E-state index in [1.54, 1.807) is 13.8 Å². The summed E-state index contributed by atoms with van der Waals surface area (Å²) in [5, 5.41) is 5.83. The molecule has 0 aromatic heterocycles. The van der Waals surface area contributed by atoms with Gasteiger partial charge in [0.15, 0.2) is 0 Å². The van der Waals surface area contributed by atoms with Crippen molar-refractivity contribution in [3.8, 4) is 16.9 Å². The quantitative estimate of drug-likeness (QED) is 0.0239. The number of benzene rings is 3. The Kier molecular flexibility index (Phi) is 32.2. The number of esters is 2. The van der Waals surface area contributed by atoms with Gasteiger partial charge in [0.2, 0.25) is 5.91 Å². The molecule has 1 aliphatic rings. The van der Waals surface area contributed by atoms with Crippen LogP contribution in [-0.2, 0) is 48.6 Å². The van der Waals surface area contributed by atoms with E-state index in [2.05, 4.69) is 48.7 Å². The summed E-state index contributed by atoms with van der Waals surface area (Å²) in [4.78, 5) is 53.7. The van der Waals surface area contributed by atoms with E-state index in [9.17, 15) is 23.7 Å². The van der Waals surface area contributed by atoms with Crippen molar-refractivity contribution in [2.45, 2.75) is 187 Å². The molecule has 4 rings (SSSR count). The fourth-order valence-electron chi connectivity index (χ4n) is 9.28. The van der Waals surface area contributed by atoms with Gasteiger partial charge in [-0.05, 0) is 79.5 Å². The number of fused-ring (bicyclic) bond motifs is 3. The lowest BCUT2D eigenvalue weighted by Gasteiger charge is -2.21. The molecule has 0 aliphatic heterocycles. The summed E-state index contributed by atoms with van der Waals surface area (Å²) in [5.74, 6) is -0.147. The van der Waals surface area contributed by atoms with Crippen molar-refractivity contribution in [1.29, 1.82) is 0 Å². The number of carbonyl (C=O) groups excluding carboxylic acids is 4. The van der Waals surface area contributed by atoms with Gasteiger partial charge in [-0.25, -0.2) is 4.79 Å². The van der Waals surface area contributed by atoms with E-state index in [1.807, 2.05) is 48.5 Å². The lowest BCUT2D eigenvalue weighted by molar-refractivity contribution is -0.157. The molecule has 2 N–H and O–H groups in total. The summed E-state index contributed by atoms with van der Waals surface area (Å²) < 4.78 is 46.9. The van der Waals surface area contributed by atoms with Gasteiger partial charge in [0.1, 0.15) is 31.1 Å². The van der Waals surface area contributed by atoms with Crippen LogP contribution in [0.4, 0.5) is 4.79 Å². The SMILES string of the molecule is CCCCCCCCCCCC(=O)OC[C@H](CSC[C@H](NC(=O)OCC1c2ccccc2-c2ccccc21)C(=O)NCCc1ccc(OCCCP(=O)(OCC)OCC)cc1)OC(=O)CCCCCCCCCCC. The van der Waals surface area contributed by atoms with Crippen LogP contribution < -0.4 is 15.4 Å². The molecule has 1 aliphatic carbocycles. The predicted octanol–water partition coefficient (Wildman–Crippen LogP) is 14.3. The summed E-state index contributed by atoms with van der Waals surface area (Å²) in [5.41, 5.74) is 5.35. The van der Waals surface area contributed by atoms with Crippen LogP contribution in [-0.4, -0.2) is 93.3 Å². The molecule has 2 atom stereocenters. The molecule has 418 valence electrons. The Morgan fingerprint density at radius 3 is 1.71 bits per heavy atom. The molecule has 2 amide bonds. The summed E-state index contributed by atoms with van der Waals surface area (Å²) in [7, 11) is -3.14. The van der Waals surface area contributed by atoms with Crippen LogP contribution in [0.25, 0.3) is 11.1 Å². The number of carbonyl (C=O) groups is 4. The van der Waals surface area contributed by atoms with Crippen molar-refractivity contribution in [3.63, 3.8) is 0 Å². The van der Waals surface area contributed by atoms with Gasteiger partial charge in [0.05, 0.1) is 26.0 Å². The number of thioether (sulfide) groups is 1. The minimum absolute atomic E-state index is 0.0861. The Balaban J connectivity index is 1.35. The highest BCUT2D eigenvalue weighted by Gasteiger charge is 2.30. The fraction of sp³-hybridized carbons (Fsp3) is 0.633. The summed E-state index contributed by atoms with van der Waals surface area (Å²) in [6.45, 7) is 9.29. The third kappa shape index (κ3) is 25.6. The smallest absolute Gasteiger partial charge is 0.407 e. The molecule has 0 heterocycles. The zero-order valence-corrected chi connectivity index (χ0v) is 47.6. The summed E-state index contributed by atoms with van der Waals surface area (Å²) in [6.07, 6.45) is 20.9. The third-order valence-corrected chi connectivity index (χ3v) is 16.7. The zero-order chi connectivity index (χ0) is 53.8. The van der Waals surface area contributed by atoms with Crippen LogP contribution in [0.3, 0.4) is 0 Å². The van der Waals surface area contributed by atoms with Gasteiger partial charge in [-0.15, -0.1) is 0 Å². The highest BCUT2D eigenvalue weighted by molar-refractivity contribution is 7.99. The van der Waals surface area contributed by atoms with Crippen LogP contribution in [0.2, 0.25) is 0 Å². The van der Waals surface area contributed by atoms with E-state index in [-0.39, 0.29) is 55.2 Å². The first-order valence-corrected chi connectivity index (χ1v) is 31.4. The Labute approximate surface area is 454 Å². The normalized spacial score (nSPS) is 12.9. The molecule has 15 heteroatoms. The fourth-order valence-corrected chi connectivity index (χ4v) is 11.9. The van der Waals surface area contributed by atoms with Crippen LogP contribution in [0, 0.1) is 0 Å². The first-order chi connectivity index (χ1) is 36.6. The zero-order valence-electron chi connectivity index (χ0n) is 45.9. The number of amides is 2. The van der Waals surface area contributed by atoms with E-state index in [0.29, 0.717) is 51.4 Å². The highest BCUT2D eigenvalue weighted by Crippen LogP contribution is 2.48. The summed E-state index contributed by atoms with van der Waals surface area (Å²) >= 11 is 1.34. The van der Waals surface area contributed by atoms with Gasteiger partial charge < -0.3 is 38.6 Å². The van der Waals surface area contributed by atoms with Crippen LogP contribution >= 0.6 is 19.4 Å². The van der Waals surface area contributed by atoms with Crippen LogP contribution in [0.1, 0.15) is 185 Å². The molecule has 3 aromatic rings. The minimum atomic E-state index is -3.14. The van der Waals surface area contributed by atoms with Gasteiger partial charge >= 0.3 is 25.6 Å². The molecular weight excluding hydrogens is 988 g/mol. The first-order valence-electron chi connectivity index (χ1n) is 28.5. The van der Waals surface area contributed by atoms with E-state index < -0.39 is 31.7 Å². The maximum absolute atomic E-state index is 14.0. The standard InChI is InChI=1S/C60H91N2O11PS/c1-5-9-11-13-15-17-19-21-23-34-57(63)69-44-50(73-58(64)35-24-22-20-18-16-14-12-10-6-2)46-75-47-56(62-60(66)70-45-55-53-32-27-25-30-51(53)52-31-26-28-33-54(52)55)59(65)61-41-40-48-36-38-49(39-37-48)68-42-29-43-74(67,71-7-3)72-8-4/h25-28,30-33,36-39,50,55-56H,5-24,29,34-35,40-47H2,1-4H3,(H,61,65)(H,62,66)/t50-,56+/m1/s1. The molecule has 0 fully saturated rings. The summed E-state index contributed by atoms with van der Waals surface area (Å²) in [6, 6.07) is 22.8. The van der Waals surface area contributed by atoms with Gasteiger partial charge in [-0.3, -0.25) is 18.9 Å². The second-order valence-electron chi connectivity index (χ2n) is 19.6. The maximum atomic E-state index is 14.0. The number of nitrogens with one attached hydrogen (secondary N) is 2. The third-order valence-electron chi connectivity index (χ3n) is 13.4. The number of alkyl carbamates (subject to hydrolysis) is 1. The average Bonchev–Trinajstić information content (AvgIpc) is 3.73. The van der Waals surface area contributed by atoms with Gasteiger partial charge in [0.25, 0.3) is 0 Å². The first kappa shape index (κ1) is 63.2. The second-order valence-corrected chi connectivity index (χ2v) is 22.8. The van der Waals surface area contributed by atoms with E-state index in [4.69, 9.17) is 28.0 Å². The number of ether oxygens (including phenoxy) is 4. The molecule has 3 aromatic carbocycles. The second kappa shape index (κ2) is 38.2. The lowest BCUT2D eigenvalue weighted by atomic mass is 9.98. The molecule has 75 heavy (non-hydrogen) atoms. The van der Waals surface area contributed by atoms with Crippen molar-refractivity contribution < 1.29 is 51.7 Å². The highest BCUT2D eigenvalue weighted by atomic mass is 32.2. The monoisotopic (exact) mass is 1080 g/mol. The van der Waals surface area contributed by atoms with Gasteiger partial charge in [0, 0.05) is 36.8 Å². The molecule has 13 nitrogen and oxygen atoms in total. The number of hydrogen-bond acceptors (Lipinski definition) is 12. The lowest BCUT2D eigenvalue weighted by Crippen LogP contribution is -2.49. The molecule has 0 radical (unpaired) electrons. The Bertz CT molecular complexity index is 2070. The van der Waals surface area contributed by atoms with Gasteiger partial charge in [-0.1, -0.05) is 177 Å². The number of rotatable bonds is 43. The Morgan fingerprint density at radius 2 is 1.15 bits per heavy atom. The van der Waals surface area contributed by atoms with Crippen molar-refractivity contribution in [2.75, 3.05) is 57.2 Å². The topological polar surface area (TPSA) is 165 Å². The number of hydrogen-bond donors (Lipinski definition) is 2. The Hall–Kier alpha value is -4.36. The maximum Gasteiger partial charge on any atom is 0.407 e. The molecule has 0 bridgehead atoms. The molecule has 0 unspecified atom stereocenters. The van der Waals surface area contributed by atoms with Gasteiger partial charge in [-0.2, -0.15) is 11.8 Å². The van der Waals surface area contributed by atoms with E-state index in [1.165, 1.54) is 82.4 Å². The van der Waals surface area contributed by atoms with Crippen molar-refractivity contribution in [1.82, 2.24) is 10.6 Å². The van der Waals surface area contributed by atoms with Crippen molar-refractivity contribution >= 4 is 43.3 Å². The average molecular weight is 1080 g/mol. The predicted molar refractivity (Wildman–Crippen MR) is 303 cm³/mol. The largest absolute Gasteiger partial charge is 0.494 e.